The average molecular weight is 470 g/mol. The Labute approximate surface area is 182 Å². The number of fused-ring (bicyclic) bond motifs is 1. The molecular weight excluding hydrogens is 449 g/mol. The van der Waals surface area contributed by atoms with Crippen LogP contribution in [-0.2, 0) is 22.9 Å². The summed E-state index contributed by atoms with van der Waals surface area (Å²) in [4.78, 5) is 21.5. The van der Waals surface area contributed by atoms with Crippen molar-refractivity contribution in [2.45, 2.75) is 55.5 Å². The van der Waals surface area contributed by atoms with E-state index < -0.39 is 45.3 Å². The molecule has 0 unspecified atom stereocenters. The lowest BCUT2D eigenvalue weighted by atomic mass is 9.77. The maximum absolute atomic E-state index is 14.4. The summed E-state index contributed by atoms with van der Waals surface area (Å²) in [6, 6.07) is 0.448. The molecule has 12 heteroatoms. The first kappa shape index (κ1) is 22.5. The zero-order chi connectivity index (χ0) is 23.2. The maximum atomic E-state index is 14.4. The van der Waals surface area contributed by atoms with Crippen molar-refractivity contribution in [3.8, 4) is 0 Å². The first-order chi connectivity index (χ1) is 15.0. The molecule has 4 rings (SSSR count). The van der Waals surface area contributed by atoms with E-state index >= 15 is 0 Å². The molecule has 2 aliphatic rings. The van der Waals surface area contributed by atoms with Gasteiger partial charge in [-0.2, -0.15) is 0 Å². The van der Waals surface area contributed by atoms with Crippen molar-refractivity contribution in [3.63, 3.8) is 0 Å². The lowest BCUT2D eigenvalue weighted by Crippen LogP contribution is -2.48. The number of halogens is 3. The zero-order valence-electron chi connectivity index (χ0n) is 17.1. The Balaban J connectivity index is 1.55. The topological polar surface area (TPSA) is 112 Å². The number of nitrogens with one attached hydrogen (secondary N) is 1. The summed E-state index contributed by atoms with van der Waals surface area (Å²) < 4.78 is 64.9. The molecule has 0 bridgehead atoms. The lowest BCUT2D eigenvalue weighted by molar-refractivity contribution is 0.122. The van der Waals surface area contributed by atoms with Crippen molar-refractivity contribution in [3.05, 3.63) is 52.6 Å². The van der Waals surface area contributed by atoms with E-state index in [0.717, 1.165) is 17.9 Å². The molecule has 2 N–H and O–H groups in total. The van der Waals surface area contributed by atoms with Gasteiger partial charge in [0, 0.05) is 55.2 Å². The Hall–Kier alpha value is -2.73. The molecule has 1 aliphatic heterocycles. The molecule has 1 amide bonds. The van der Waals surface area contributed by atoms with E-state index in [2.05, 4.69) is 15.3 Å². The van der Waals surface area contributed by atoms with Gasteiger partial charge >= 0.3 is 6.09 Å². The van der Waals surface area contributed by atoms with Gasteiger partial charge in [0.2, 0.25) is 15.0 Å². The first-order valence-corrected chi connectivity index (χ1v) is 11.8. The van der Waals surface area contributed by atoms with Crippen LogP contribution in [0, 0.1) is 17.5 Å². The van der Waals surface area contributed by atoms with Gasteiger partial charge in [0.25, 0.3) is 0 Å². The highest BCUT2D eigenvalue weighted by atomic mass is 32.2. The van der Waals surface area contributed by atoms with Crippen LogP contribution < -0.4 is 5.32 Å². The van der Waals surface area contributed by atoms with Crippen molar-refractivity contribution in [1.82, 2.24) is 20.2 Å². The predicted octanol–water partition coefficient (Wildman–Crippen LogP) is 2.59. The van der Waals surface area contributed by atoms with Gasteiger partial charge < -0.3 is 10.4 Å². The fraction of sp³-hybridized carbons (Fsp3) is 0.450. The molecule has 3 atom stereocenters. The Morgan fingerprint density at radius 3 is 2.56 bits per heavy atom. The second-order valence-corrected chi connectivity index (χ2v) is 10.1. The van der Waals surface area contributed by atoms with Crippen LogP contribution in [0.1, 0.15) is 42.0 Å². The van der Waals surface area contributed by atoms with Crippen molar-refractivity contribution in [1.29, 1.82) is 0 Å². The highest BCUT2D eigenvalue weighted by Gasteiger charge is 2.38. The molecule has 2 aromatic rings. The molecule has 1 saturated carbocycles. The normalized spacial score (nSPS) is 23.7. The minimum absolute atomic E-state index is 0.0607. The van der Waals surface area contributed by atoms with Crippen molar-refractivity contribution in [2.24, 2.45) is 0 Å². The van der Waals surface area contributed by atoms with Crippen LogP contribution in [0.3, 0.4) is 0 Å². The van der Waals surface area contributed by atoms with E-state index in [9.17, 15) is 31.5 Å². The summed E-state index contributed by atoms with van der Waals surface area (Å²) in [5, 5.41) is 11.4. The van der Waals surface area contributed by atoms with E-state index in [0.29, 0.717) is 44.1 Å². The predicted molar refractivity (Wildman–Crippen MR) is 106 cm³/mol. The van der Waals surface area contributed by atoms with Gasteiger partial charge in [-0.25, -0.2) is 36.4 Å². The maximum Gasteiger partial charge on any atom is 0.404 e. The van der Waals surface area contributed by atoms with E-state index in [4.69, 9.17) is 0 Å². The summed E-state index contributed by atoms with van der Waals surface area (Å²) in [6.45, 7) is 0.836. The quantitative estimate of drug-likeness (QED) is 0.522. The molecule has 0 saturated heterocycles. The molecule has 1 aromatic heterocycles. The first-order valence-electron chi connectivity index (χ1n) is 9.95. The third-order valence-electron chi connectivity index (χ3n) is 6.08. The van der Waals surface area contributed by atoms with Crippen molar-refractivity contribution < 1.29 is 31.5 Å². The van der Waals surface area contributed by atoms with Gasteiger partial charge in [0.15, 0.2) is 11.6 Å². The molecule has 0 radical (unpaired) electrons. The number of sulfone groups is 1. The van der Waals surface area contributed by atoms with E-state index in [1.165, 1.54) is 6.20 Å². The SMILES string of the molecule is CS(=O)(=O)c1ncc2c(n1)CN([C@H]1CC[C@H](c3cc(F)c(F)cc3F)[C@@H](NC(=O)O)C1)C2. The summed E-state index contributed by atoms with van der Waals surface area (Å²) in [7, 11) is -3.55. The number of aromatic nitrogens is 2. The molecule has 1 aliphatic carbocycles. The van der Waals surface area contributed by atoms with Gasteiger partial charge in [0.05, 0.1) is 5.69 Å². The second kappa shape index (κ2) is 8.32. The van der Waals surface area contributed by atoms with Gasteiger partial charge in [-0.3, -0.25) is 4.90 Å². The van der Waals surface area contributed by atoms with Crippen LogP contribution in [0.25, 0.3) is 0 Å². The molecule has 1 aromatic carbocycles. The minimum Gasteiger partial charge on any atom is -0.465 e. The van der Waals surface area contributed by atoms with Crippen LogP contribution in [0.4, 0.5) is 18.0 Å². The average Bonchev–Trinajstić information content (AvgIpc) is 3.13. The fourth-order valence-corrected chi connectivity index (χ4v) is 5.11. The standard InChI is InChI=1S/C20H21F3N4O4S/c1-32(30,31)19-24-7-10-8-27(9-18(10)25-19)11-2-3-12(17(4-11)26-20(28)29)13-5-15(22)16(23)6-14(13)21/h5-7,11-12,17,26H,2-4,8-9H2,1H3,(H,28,29)/t11-,12+,17-/m0/s1. The highest BCUT2D eigenvalue weighted by molar-refractivity contribution is 7.90. The largest absolute Gasteiger partial charge is 0.465 e. The van der Waals surface area contributed by atoms with Crippen LogP contribution >= 0.6 is 0 Å². The van der Waals surface area contributed by atoms with Gasteiger partial charge in [0.1, 0.15) is 5.82 Å². The van der Waals surface area contributed by atoms with E-state index in [1.807, 2.05) is 4.90 Å². The number of carboxylic acid groups (broad SMARTS) is 1. The third kappa shape index (κ3) is 4.42. The summed E-state index contributed by atoms with van der Waals surface area (Å²) >= 11 is 0. The van der Waals surface area contributed by atoms with E-state index in [-0.39, 0.29) is 16.8 Å². The van der Waals surface area contributed by atoms with Crippen molar-refractivity contribution >= 4 is 15.9 Å². The monoisotopic (exact) mass is 470 g/mol. The second-order valence-electron chi connectivity index (χ2n) is 8.22. The molecule has 172 valence electrons. The van der Waals surface area contributed by atoms with Crippen LogP contribution in [0.2, 0.25) is 0 Å². The molecule has 2 heterocycles. The summed E-state index contributed by atoms with van der Waals surface area (Å²) in [6.07, 6.45) is 2.44. The number of amides is 1. The highest BCUT2D eigenvalue weighted by Crippen LogP contribution is 2.39. The summed E-state index contributed by atoms with van der Waals surface area (Å²) in [5.41, 5.74) is 1.32. The van der Waals surface area contributed by atoms with Crippen LogP contribution in [0.5, 0.6) is 0 Å². The van der Waals surface area contributed by atoms with Crippen molar-refractivity contribution in [2.75, 3.05) is 6.26 Å². The number of hydrogen-bond acceptors (Lipinski definition) is 6. The smallest absolute Gasteiger partial charge is 0.404 e. The summed E-state index contributed by atoms with van der Waals surface area (Å²) in [5.74, 6) is -4.05. The molecule has 0 spiro atoms. The Bertz CT molecular complexity index is 1180. The molecular formula is C20H21F3N4O4S. The molecule has 32 heavy (non-hydrogen) atoms. The molecule has 8 nitrogen and oxygen atoms in total. The molecule has 1 fully saturated rings. The fourth-order valence-electron chi connectivity index (χ4n) is 4.59. The Kier molecular flexibility index (Phi) is 5.84. The number of nitrogens with zero attached hydrogens (tertiary/aromatic N) is 3. The Morgan fingerprint density at radius 1 is 1.16 bits per heavy atom. The minimum atomic E-state index is -3.55. The van der Waals surface area contributed by atoms with E-state index in [1.54, 1.807) is 0 Å². The Morgan fingerprint density at radius 2 is 1.88 bits per heavy atom. The van der Waals surface area contributed by atoms with Gasteiger partial charge in [-0.15, -0.1) is 0 Å². The number of benzene rings is 1. The number of carbonyl (C=O) groups is 1. The lowest BCUT2D eigenvalue weighted by Gasteiger charge is -2.40. The number of hydrogen-bond donors (Lipinski definition) is 2. The zero-order valence-corrected chi connectivity index (χ0v) is 17.9. The number of rotatable bonds is 4. The van der Waals surface area contributed by atoms with Crippen LogP contribution in [0.15, 0.2) is 23.5 Å². The van der Waals surface area contributed by atoms with Gasteiger partial charge in [-0.1, -0.05) is 0 Å². The van der Waals surface area contributed by atoms with Gasteiger partial charge in [-0.05, 0) is 30.9 Å². The third-order valence-corrected chi connectivity index (χ3v) is 6.94. The van der Waals surface area contributed by atoms with Crippen LogP contribution in [-0.4, -0.2) is 52.8 Å².